The van der Waals surface area contributed by atoms with Crippen molar-refractivity contribution in [2.45, 2.75) is 6.92 Å². The number of hydrogen-bond donors (Lipinski definition) is 0. The minimum Gasteiger partial charge on any atom is -0.497 e. The summed E-state index contributed by atoms with van der Waals surface area (Å²) in [5, 5.41) is 0.923. The van der Waals surface area contributed by atoms with Gasteiger partial charge in [0.25, 0.3) is 0 Å². The maximum Gasteiger partial charge on any atom is 0.343 e. The number of esters is 1. The van der Waals surface area contributed by atoms with E-state index in [1.807, 2.05) is 36.0 Å². The number of benzene rings is 3. The minimum absolute atomic E-state index is 0.176. The number of halogens is 1. The van der Waals surface area contributed by atoms with Gasteiger partial charge in [-0.1, -0.05) is 0 Å². The number of ketones is 1. The van der Waals surface area contributed by atoms with E-state index in [9.17, 15) is 14.0 Å². The van der Waals surface area contributed by atoms with Crippen LogP contribution in [0.4, 0.5) is 4.39 Å². The fraction of sp³-hybridized carbons (Fsp3) is 0.111. The lowest BCUT2D eigenvalue weighted by molar-refractivity contribution is 0.0733. The maximum atomic E-state index is 13.1. The van der Waals surface area contributed by atoms with Gasteiger partial charge in [0.05, 0.1) is 18.2 Å². The van der Waals surface area contributed by atoms with Gasteiger partial charge in [-0.3, -0.25) is 4.79 Å². The van der Waals surface area contributed by atoms with E-state index >= 15 is 0 Å². The molecule has 3 aromatic carbocycles. The number of rotatable bonds is 4. The van der Waals surface area contributed by atoms with Crippen molar-refractivity contribution in [3.05, 3.63) is 94.6 Å². The number of fused-ring (bicyclic) bond motifs is 2. The van der Waals surface area contributed by atoms with Crippen molar-refractivity contribution >= 4 is 28.7 Å². The predicted molar refractivity (Wildman–Crippen MR) is 125 cm³/mol. The Kier molecular flexibility index (Phi) is 5.17. The molecule has 7 heteroatoms. The Morgan fingerprint density at radius 2 is 1.85 bits per heavy atom. The first kappa shape index (κ1) is 21.5. The van der Waals surface area contributed by atoms with Crippen LogP contribution >= 0.6 is 0 Å². The molecule has 0 saturated heterocycles. The lowest BCUT2D eigenvalue weighted by atomic mass is 10.1. The molecule has 0 radical (unpaired) electrons. The predicted octanol–water partition coefficient (Wildman–Crippen LogP) is 5.47. The summed E-state index contributed by atoms with van der Waals surface area (Å²) in [6, 6.07) is 13.9. The van der Waals surface area contributed by atoms with E-state index in [0.29, 0.717) is 22.6 Å². The third kappa shape index (κ3) is 3.61. The SMILES string of the molecule is COc1ccc2c(c1)c(C=C1Oc3c(ccc(OC(=O)c4ccc(F)cc4)c3C)C1=O)cn2C. The molecule has 1 aromatic heterocycles. The van der Waals surface area contributed by atoms with Crippen molar-refractivity contribution in [3.63, 3.8) is 0 Å². The topological polar surface area (TPSA) is 66.8 Å². The highest BCUT2D eigenvalue weighted by Crippen LogP contribution is 2.40. The molecule has 6 nitrogen and oxygen atoms in total. The van der Waals surface area contributed by atoms with Crippen LogP contribution in [-0.2, 0) is 7.05 Å². The van der Waals surface area contributed by atoms with Crippen LogP contribution in [0.2, 0.25) is 0 Å². The second-order valence-corrected chi connectivity index (χ2v) is 7.98. The zero-order chi connectivity index (χ0) is 24.0. The van der Waals surface area contributed by atoms with Gasteiger partial charge in [-0.2, -0.15) is 0 Å². The average molecular weight is 457 g/mol. The number of methoxy groups -OCH3 is 1. The Morgan fingerprint density at radius 1 is 1.09 bits per heavy atom. The van der Waals surface area contributed by atoms with Crippen LogP contribution in [0.1, 0.15) is 31.8 Å². The van der Waals surface area contributed by atoms with Gasteiger partial charge < -0.3 is 18.8 Å². The van der Waals surface area contributed by atoms with Gasteiger partial charge >= 0.3 is 5.97 Å². The van der Waals surface area contributed by atoms with Gasteiger partial charge in [-0.05, 0) is 67.6 Å². The van der Waals surface area contributed by atoms with Crippen molar-refractivity contribution in [1.82, 2.24) is 4.57 Å². The molecular weight excluding hydrogens is 437 g/mol. The highest BCUT2D eigenvalue weighted by Gasteiger charge is 2.31. The number of Topliss-reactive ketones (excluding diaryl/α,β-unsaturated/α-hetero) is 1. The van der Waals surface area contributed by atoms with Crippen LogP contribution < -0.4 is 14.2 Å². The summed E-state index contributed by atoms with van der Waals surface area (Å²) in [5.74, 6) is 0.165. The normalized spacial score (nSPS) is 13.8. The summed E-state index contributed by atoms with van der Waals surface area (Å²) in [5.41, 5.74) is 2.92. The molecule has 0 N–H and O–H groups in total. The first-order valence-corrected chi connectivity index (χ1v) is 10.5. The Morgan fingerprint density at radius 3 is 2.59 bits per heavy atom. The van der Waals surface area contributed by atoms with E-state index in [0.717, 1.165) is 16.5 Å². The van der Waals surface area contributed by atoms with E-state index in [-0.39, 0.29) is 22.9 Å². The van der Waals surface area contributed by atoms with E-state index in [1.54, 1.807) is 32.2 Å². The molecule has 0 bridgehead atoms. The molecular formula is C27H20FNO5. The van der Waals surface area contributed by atoms with Crippen LogP contribution in [0.25, 0.3) is 17.0 Å². The molecule has 0 saturated carbocycles. The molecule has 2 heterocycles. The third-order valence-electron chi connectivity index (χ3n) is 5.83. The van der Waals surface area contributed by atoms with Crippen LogP contribution in [0.5, 0.6) is 17.2 Å². The molecule has 0 spiro atoms. The second-order valence-electron chi connectivity index (χ2n) is 7.98. The van der Waals surface area contributed by atoms with E-state index < -0.39 is 11.8 Å². The Bertz CT molecular complexity index is 1500. The Labute approximate surface area is 194 Å². The highest BCUT2D eigenvalue weighted by molar-refractivity contribution is 6.15. The molecule has 1 aliphatic heterocycles. The van der Waals surface area contributed by atoms with Crippen LogP contribution in [-0.4, -0.2) is 23.4 Å². The molecule has 0 unspecified atom stereocenters. The first-order valence-electron chi connectivity index (χ1n) is 10.5. The minimum atomic E-state index is -0.632. The van der Waals surface area contributed by atoms with Crippen LogP contribution in [0.15, 0.2) is 66.6 Å². The summed E-state index contributed by atoms with van der Waals surface area (Å²) in [6.45, 7) is 1.71. The molecule has 0 amide bonds. The zero-order valence-electron chi connectivity index (χ0n) is 18.7. The summed E-state index contributed by atoms with van der Waals surface area (Å²) >= 11 is 0. The van der Waals surface area contributed by atoms with Gasteiger partial charge in [0.1, 0.15) is 23.1 Å². The van der Waals surface area contributed by atoms with Crippen molar-refractivity contribution < 1.29 is 28.2 Å². The summed E-state index contributed by atoms with van der Waals surface area (Å²) in [7, 11) is 3.53. The Hall–Kier alpha value is -4.39. The average Bonchev–Trinajstić information content (AvgIpc) is 3.32. The number of carbonyl (C=O) groups is 2. The fourth-order valence-corrected chi connectivity index (χ4v) is 4.01. The zero-order valence-corrected chi connectivity index (χ0v) is 18.7. The molecule has 0 atom stereocenters. The lowest BCUT2D eigenvalue weighted by Crippen LogP contribution is -2.09. The van der Waals surface area contributed by atoms with E-state index in [2.05, 4.69) is 0 Å². The van der Waals surface area contributed by atoms with Gasteiger partial charge in [0.15, 0.2) is 5.76 Å². The molecule has 34 heavy (non-hydrogen) atoms. The van der Waals surface area contributed by atoms with Gasteiger partial charge in [-0.15, -0.1) is 0 Å². The van der Waals surface area contributed by atoms with Gasteiger partial charge in [-0.25, -0.2) is 9.18 Å². The van der Waals surface area contributed by atoms with E-state index in [1.165, 1.54) is 24.3 Å². The van der Waals surface area contributed by atoms with Crippen LogP contribution in [0, 0.1) is 12.7 Å². The number of ether oxygens (including phenoxy) is 3. The summed E-state index contributed by atoms with van der Waals surface area (Å²) < 4.78 is 31.9. The molecule has 0 fully saturated rings. The number of hydrogen-bond acceptors (Lipinski definition) is 5. The van der Waals surface area contributed by atoms with Crippen LogP contribution in [0.3, 0.4) is 0 Å². The van der Waals surface area contributed by atoms with Crippen molar-refractivity contribution in [2.24, 2.45) is 7.05 Å². The number of carbonyl (C=O) groups excluding carboxylic acids is 2. The summed E-state index contributed by atoms with van der Waals surface area (Å²) in [4.78, 5) is 25.5. The summed E-state index contributed by atoms with van der Waals surface area (Å²) in [6.07, 6.45) is 3.62. The number of allylic oxidation sites excluding steroid dienone is 1. The smallest absolute Gasteiger partial charge is 0.343 e. The maximum absolute atomic E-state index is 13.1. The fourth-order valence-electron chi connectivity index (χ4n) is 4.01. The van der Waals surface area contributed by atoms with Crippen molar-refractivity contribution in [2.75, 3.05) is 7.11 Å². The molecule has 4 aromatic rings. The molecule has 170 valence electrons. The molecule has 0 aliphatic carbocycles. The molecule has 5 rings (SSSR count). The standard InChI is InChI=1S/C27H20FNO5/c1-15-23(34-27(31)16-4-6-18(28)7-5-16)11-9-20-25(30)24(33-26(15)20)12-17-14-29(2)22-10-8-19(32-3)13-21(17)22/h4-14H,1-3H3. The second kappa shape index (κ2) is 8.19. The van der Waals surface area contributed by atoms with E-state index in [4.69, 9.17) is 14.2 Å². The lowest BCUT2D eigenvalue weighted by Gasteiger charge is -2.10. The van der Waals surface area contributed by atoms with Gasteiger partial charge in [0, 0.05) is 35.3 Å². The van der Waals surface area contributed by atoms with Crippen molar-refractivity contribution in [1.29, 1.82) is 0 Å². The van der Waals surface area contributed by atoms with Crippen molar-refractivity contribution in [3.8, 4) is 17.2 Å². The van der Waals surface area contributed by atoms with Gasteiger partial charge in [0.2, 0.25) is 5.78 Å². The monoisotopic (exact) mass is 457 g/mol. The highest BCUT2D eigenvalue weighted by atomic mass is 19.1. The Balaban J connectivity index is 1.46. The number of aryl methyl sites for hydroxylation is 1. The molecule has 1 aliphatic rings. The quantitative estimate of drug-likeness (QED) is 0.231. The number of nitrogens with zero attached hydrogens (tertiary/aromatic N) is 1. The first-order chi connectivity index (χ1) is 16.4. The largest absolute Gasteiger partial charge is 0.497 e. The number of aromatic nitrogens is 1. The third-order valence-corrected chi connectivity index (χ3v) is 5.83.